The van der Waals surface area contributed by atoms with E-state index in [1.807, 2.05) is 6.92 Å². The largest absolute Gasteiger partial charge is 0.481 e. The van der Waals surface area contributed by atoms with Crippen molar-refractivity contribution in [3.63, 3.8) is 0 Å². The van der Waals surface area contributed by atoms with Crippen LogP contribution in [0.15, 0.2) is 0 Å². The summed E-state index contributed by atoms with van der Waals surface area (Å²) >= 11 is 0. The highest BCUT2D eigenvalue weighted by atomic mass is 16.6. The molecule has 2 rings (SSSR count). The third-order valence-corrected chi connectivity index (χ3v) is 4.43. The smallest absolute Gasteiger partial charge is 0.321 e. The number of ether oxygens (including phenoxy) is 1. The van der Waals surface area contributed by atoms with Crippen molar-refractivity contribution in [3.8, 4) is 0 Å². The summed E-state index contributed by atoms with van der Waals surface area (Å²) in [4.78, 5) is 22.9. The third-order valence-electron chi connectivity index (χ3n) is 4.43. The van der Waals surface area contributed by atoms with E-state index in [2.05, 4.69) is 13.8 Å². The summed E-state index contributed by atoms with van der Waals surface area (Å²) in [6.07, 6.45) is 1.83. The molecule has 1 N–H and O–H groups in total. The summed E-state index contributed by atoms with van der Waals surface area (Å²) < 4.78 is 5.36. The van der Waals surface area contributed by atoms with E-state index >= 15 is 0 Å². The molecule has 0 aromatic rings. The molecule has 0 bridgehead atoms. The lowest BCUT2D eigenvalue weighted by atomic mass is 9.66. The SMILES string of the molecule is CC(C)[C@@H]1CC[C@@H](C)[C@@H]2[C@@H](C(=O)O)C(=O)O[C@H]21. The highest BCUT2D eigenvalue weighted by molar-refractivity contribution is 5.96. The van der Waals surface area contributed by atoms with Gasteiger partial charge in [-0.05, 0) is 30.6 Å². The molecule has 1 saturated carbocycles. The molecule has 0 radical (unpaired) electrons. The van der Waals surface area contributed by atoms with Gasteiger partial charge in [0.25, 0.3) is 0 Å². The van der Waals surface area contributed by atoms with Gasteiger partial charge in [-0.1, -0.05) is 20.8 Å². The Morgan fingerprint density at radius 2 is 2.06 bits per heavy atom. The molecule has 0 aromatic carbocycles. The number of carbonyl (C=O) groups is 2. The van der Waals surface area contributed by atoms with Crippen LogP contribution in [0.5, 0.6) is 0 Å². The number of hydrogen-bond donors (Lipinski definition) is 1. The molecule has 5 atom stereocenters. The molecule has 2 aliphatic rings. The Morgan fingerprint density at radius 1 is 1.41 bits per heavy atom. The van der Waals surface area contributed by atoms with Crippen LogP contribution < -0.4 is 0 Å². The first-order valence-corrected chi connectivity index (χ1v) is 6.36. The van der Waals surface area contributed by atoms with Crippen molar-refractivity contribution in [1.29, 1.82) is 0 Å². The lowest BCUT2D eigenvalue weighted by molar-refractivity contribution is -0.153. The van der Waals surface area contributed by atoms with Gasteiger partial charge in [-0.2, -0.15) is 0 Å². The minimum absolute atomic E-state index is 0.138. The average molecular weight is 240 g/mol. The maximum atomic E-state index is 11.7. The Morgan fingerprint density at radius 3 is 2.59 bits per heavy atom. The van der Waals surface area contributed by atoms with Crippen molar-refractivity contribution in [3.05, 3.63) is 0 Å². The van der Waals surface area contributed by atoms with Gasteiger partial charge in [0.05, 0.1) is 0 Å². The average Bonchev–Trinajstić information content (AvgIpc) is 2.55. The lowest BCUT2D eigenvalue weighted by Gasteiger charge is -2.38. The van der Waals surface area contributed by atoms with E-state index in [9.17, 15) is 9.59 Å². The molecule has 1 aliphatic carbocycles. The fourth-order valence-corrected chi connectivity index (χ4v) is 3.45. The third kappa shape index (κ3) is 1.94. The van der Waals surface area contributed by atoms with Gasteiger partial charge in [0.1, 0.15) is 6.10 Å². The Labute approximate surface area is 101 Å². The van der Waals surface area contributed by atoms with Crippen LogP contribution in [0.3, 0.4) is 0 Å². The Kier molecular flexibility index (Phi) is 3.15. The molecule has 0 aromatic heterocycles. The molecule has 1 aliphatic heterocycles. The second kappa shape index (κ2) is 4.31. The van der Waals surface area contributed by atoms with Gasteiger partial charge in [-0.25, -0.2) is 0 Å². The van der Waals surface area contributed by atoms with Gasteiger partial charge in [0, 0.05) is 5.92 Å². The molecule has 4 nitrogen and oxygen atoms in total. The van der Waals surface area contributed by atoms with Gasteiger partial charge in [0.2, 0.25) is 0 Å². The van der Waals surface area contributed by atoms with E-state index in [4.69, 9.17) is 9.84 Å². The fourth-order valence-electron chi connectivity index (χ4n) is 3.45. The van der Waals surface area contributed by atoms with Crippen LogP contribution in [0.25, 0.3) is 0 Å². The first kappa shape index (κ1) is 12.4. The molecular formula is C13H20O4. The van der Waals surface area contributed by atoms with Crippen LogP contribution in [-0.2, 0) is 14.3 Å². The molecule has 17 heavy (non-hydrogen) atoms. The van der Waals surface area contributed by atoms with Gasteiger partial charge < -0.3 is 9.84 Å². The molecule has 96 valence electrons. The normalized spacial score (nSPS) is 41.2. The molecule has 4 heteroatoms. The topological polar surface area (TPSA) is 63.6 Å². The Balaban J connectivity index is 2.29. The van der Waals surface area contributed by atoms with Gasteiger partial charge in [-0.15, -0.1) is 0 Å². The maximum absolute atomic E-state index is 11.7. The number of aliphatic carboxylic acids is 1. The van der Waals surface area contributed by atoms with E-state index in [1.54, 1.807) is 0 Å². The summed E-state index contributed by atoms with van der Waals surface area (Å²) in [7, 11) is 0. The van der Waals surface area contributed by atoms with Crippen molar-refractivity contribution < 1.29 is 19.4 Å². The van der Waals surface area contributed by atoms with Crippen molar-refractivity contribution in [2.45, 2.75) is 39.7 Å². The van der Waals surface area contributed by atoms with Crippen LogP contribution >= 0.6 is 0 Å². The van der Waals surface area contributed by atoms with E-state index in [0.29, 0.717) is 11.8 Å². The number of rotatable bonds is 2. The van der Waals surface area contributed by atoms with Crippen LogP contribution in [0, 0.1) is 29.6 Å². The summed E-state index contributed by atoms with van der Waals surface area (Å²) in [6.45, 7) is 6.26. The summed E-state index contributed by atoms with van der Waals surface area (Å²) in [5.74, 6) is -1.66. The molecule has 0 unspecified atom stereocenters. The number of carbonyl (C=O) groups excluding carboxylic acids is 1. The maximum Gasteiger partial charge on any atom is 0.321 e. The zero-order valence-electron chi connectivity index (χ0n) is 10.6. The van der Waals surface area contributed by atoms with Crippen LogP contribution in [-0.4, -0.2) is 23.1 Å². The summed E-state index contributed by atoms with van der Waals surface area (Å²) in [6, 6.07) is 0. The van der Waals surface area contributed by atoms with Crippen LogP contribution in [0.2, 0.25) is 0 Å². The number of hydrogen-bond acceptors (Lipinski definition) is 3. The number of carboxylic acids is 1. The zero-order valence-corrected chi connectivity index (χ0v) is 10.6. The van der Waals surface area contributed by atoms with E-state index in [-0.39, 0.29) is 17.9 Å². The van der Waals surface area contributed by atoms with Gasteiger partial charge >= 0.3 is 11.9 Å². The zero-order chi connectivity index (χ0) is 12.7. The predicted molar refractivity (Wildman–Crippen MR) is 61.2 cm³/mol. The van der Waals surface area contributed by atoms with Crippen molar-refractivity contribution >= 4 is 11.9 Å². The highest BCUT2D eigenvalue weighted by Crippen LogP contribution is 2.47. The van der Waals surface area contributed by atoms with Crippen LogP contribution in [0.4, 0.5) is 0 Å². The minimum atomic E-state index is -1.03. The number of carboxylic acid groups (broad SMARTS) is 1. The summed E-state index contributed by atoms with van der Waals surface area (Å²) in [5.41, 5.74) is 0. The van der Waals surface area contributed by atoms with Crippen LogP contribution in [0.1, 0.15) is 33.6 Å². The fraction of sp³-hybridized carbons (Fsp3) is 0.846. The highest BCUT2D eigenvalue weighted by Gasteiger charge is 2.55. The van der Waals surface area contributed by atoms with Crippen molar-refractivity contribution in [1.82, 2.24) is 0 Å². The molecule has 1 heterocycles. The molecule has 0 spiro atoms. The first-order chi connectivity index (χ1) is 7.93. The van der Waals surface area contributed by atoms with E-state index < -0.39 is 17.9 Å². The second-order valence-electron chi connectivity index (χ2n) is 5.76. The second-order valence-corrected chi connectivity index (χ2v) is 5.76. The van der Waals surface area contributed by atoms with Crippen molar-refractivity contribution in [2.75, 3.05) is 0 Å². The quantitative estimate of drug-likeness (QED) is 0.591. The first-order valence-electron chi connectivity index (χ1n) is 6.36. The Hall–Kier alpha value is -1.06. The molecule has 1 saturated heterocycles. The van der Waals surface area contributed by atoms with Gasteiger partial charge in [-0.3, -0.25) is 9.59 Å². The standard InChI is InChI=1S/C13H20O4/c1-6(2)8-5-4-7(3)9-10(12(14)15)13(16)17-11(8)9/h6-11H,4-5H2,1-3H3,(H,14,15)/t7-,8+,9-,10+,11+/m1/s1. The van der Waals surface area contributed by atoms with E-state index in [0.717, 1.165) is 12.8 Å². The predicted octanol–water partition coefficient (Wildman–Crippen LogP) is 1.93. The minimum Gasteiger partial charge on any atom is -0.481 e. The molecule has 0 amide bonds. The van der Waals surface area contributed by atoms with E-state index in [1.165, 1.54) is 0 Å². The lowest BCUT2D eigenvalue weighted by Crippen LogP contribution is -2.41. The Bertz CT molecular complexity index is 336. The number of fused-ring (bicyclic) bond motifs is 1. The molecular weight excluding hydrogens is 220 g/mol. The molecule has 2 fully saturated rings. The number of esters is 1. The summed E-state index contributed by atoms with van der Waals surface area (Å²) in [5, 5.41) is 9.16. The van der Waals surface area contributed by atoms with Gasteiger partial charge in [0.15, 0.2) is 5.92 Å². The monoisotopic (exact) mass is 240 g/mol. The van der Waals surface area contributed by atoms with Crippen molar-refractivity contribution in [2.24, 2.45) is 29.6 Å².